The molecule has 0 saturated heterocycles. The first-order valence-electron chi connectivity index (χ1n) is 7.56. The molecule has 2 aromatic rings. The second-order valence-electron chi connectivity index (χ2n) is 5.65. The van der Waals surface area contributed by atoms with Crippen LogP contribution >= 0.6 is 0 Å². The fraction of sp³-hybridized carbons (Fsp3) is 0.222. The van der Waals surface area contributed by atoms with Gasteiger partial charge in [0.05, 0.1) is 36.2 Å². The molecule has 0 aliphatic carbocycles. The summed E-state index contributed by atoms with van der Waals surface area (Å²) >= 11 is 0. The number of alkyl halides is 3. The summed E-state index contributed by atoms with van der Waals surface area (Å²) in [6.07, 6.45) is -0.489. The molecular weight excluding hydrogens is 319 g/mol. The van der Waals surface area contributed by atoms with E-state index in [1.807, 2.05) is 29.2 Å². The highest BCUT2D eigenvalue weighted by atomic mass is 19.4. The van der Waals surface area contributed by atoms with Crippen LogP contribution in [0.4, 0.5) is 24.5 Å². The summed E-state index contributed by atoms with van der Waals surface area (Å²) in [5, 5.41) is 0. The Morgan fingerprint density at radius 1 is 1.00 bits per heavy atom. The number of anilines is 2. The van der Waals surface area contributed by atoms with Crippen molar-refractivity contribution in [2.24, 2.45) is 0 Å². The Bertz CT molecular complexity index is 801. The van der Waals surface area contributed by atoms with Crippen LogP contribution in [-0.2, 0) is 10.9 Å². The molecule has 0 bridgehead atoms. The zero-order chi connectivity index (χ0) is 16.7. The first kappa shape index (κ1) is 15.1. The highest BCUT2D eigenvalue weighted by Gasteiger charge is 2.35. The fourth-order valence-corrected chi connectivity index (χ4v) is 3.00. The number of halogens is 3. The molecule has 2 heterocycles. The minimum absolute atomic E-state index is 0.0979. The molecule has 3 nitrogen and oxygen atoms in total. The average molecular weight is 333 g/mol. The normalized spacial score (nSPS) is 19.5. The van der Waals surface area contributed by atoms with E-state index in [-0.39, 0.29) is 11.8 Å². The van der Waals surface area contributed by atoms with Gasteiger partial charge in [0.15, 0.2) is 11.5 Å². The minimum atomic E-state index is -4.41. The van der Waals surface area contributed by atoms with E-state index in [0.29, 0.717) is 24.7 Å². The van der Waals surface area contributed by atoms with Crippen LogP contribution in [0, 0.1) is 0 Å². The Morgan fingerprint density at radius 3 is 2.54 bits per heavy atom. The molecular formula is C18H14F3NO2. The zero-order valence-corrected chi connectivity index (χ0v) is 12.6. The number of nitrogens with zero attached hydrogens (tertiary/aromatic N) is 1. The van der Waals surface area contributed by atoms with Crippen molar-refractivity contribution < 1.29 is 22.6 Å². The van der Waals surface area contributed by atoms with Gasteiger partial charge in [0.2, 0.25) is 0 Å². The van der Waals surface area contributed by atoms with Crippen LogP contribution in [0.25, 0.3) is 0 Å². The summed E-state index contributed by atoms with van der Waals surface area (Å²) < 4.78 is 50.2. The maximum atomic E-state index is 13.0. The molecule has 2 aliphatic rings. The number of hydrogen-bond acceptors (Lipinski definition) is 3. The van der Waals surface area contributed by atoms with E-state index in [0.717, 1.165) is 17.8 Å². The van der Waals surface area contributed by atoms with Gasteiger partial charge >= 0.3 is 6.18 Å². The van der Waals surface area contributed by atoms with E-state index in [4.69, 9.17) is 9.47 Å². The van der Waals surface area contributed by atoms with Crippen molar-refractivity contribution in [3.8, 4) is 11.5 Å². The lowest BCUT2D eigenvalue weighted by Gasteiger charge is -2.38. The van der Waals surface area contributed by atoms with Crippen molar-refractivity contribution in [3.05, 3.63) is 60.2 Å². The fourth-order valence-electron chi connectivity index (χ4n) is 3.00. The number of fused-ring (bicyclic) bond motifs is 2. The molecule has 2 aliphatic heterocycles. The van der Waals surface area contributed by atoms with Crippen LogP contribution in [0.2, 0.25) is 0 Å². The van der Waals surface area contributed by atoms with Crippen LogP contribution in [0.5, 0.6) is 11.5 Å². The van der Waals surface area contributed by atoms with E-state index >= 15 is 0 Å². The van der Waals surface area contributed by atoms with Crippen molar-refractivity contribution in [2.45, 2.75) is 12.2 Å². The van der Waals surface area contributed by atoms with Gasteiger partial charge in [-0.15, -0.1) is 0 Å². The monoisotopic (exact) mass is 333 g/mol. The third-order valence-corrected chi connectivity index (χ3v) is 4.08. The van der Waals surface area contributed by atoms with Gasteiger partial charge in [-0.25, -0.2) is 0 Å². The van der Waals surface area contributed by atoms with Crippen molar-refractivity contribution in [1.29, 1.82) is 0 Å². The summed E-state index contributed by atoms with van der Waals surface area (Å²) in [6.45, 7) is 1.01. The standard InChI is InChI=1S/C18H14F3NO2/c19-18(20,21)12-7-8-15-17(10-12)24-16-6-2-1-5-14(16)22(15)13-4-3-9-23-11-13/h1-8,10,13H,9,11H2. The molecule has 0 N–H and O–H groups in total. The van der Waals surface area contributed by atoms with Crippen molar-refractivity contribution in [2.75, 3.05) is 18.1 Å². The predicted octanol–water partition coefficient (Wildman–Crippen LogP) is 4.90. The maximum absolute atomic E-state index is 13.0. The Hall–Kier alpha value is -2.47. The Morgan fingerprint density at radius 2 is 1.79 bits per heavy atom. The van der Waals surface area contributed by atoms with E-state index < -0.39 is 11.7 Å². The molecule has 24 heavy (non-hydrogen) atoms. The van der Waals surface area contributed by atoms with Gasteiger partial charge in [-0.2, -0.15) is 13.2 Å². The largest absolute Gasteiger partial charge is 0.453 e. The van der Waals surface area contributed by atoms with Gasteiger partial charge < -0.3 is 14.4 Å². The van der Waals surface area contributed by atoms with Gasteiger partial charge in [0.25, 0.3) is 0 Å². The summed E-state index contributed by atoms with van der Waals surface area (Å²) in [5.41, 5.74) is 0.683. The third-order valence-electron chi connectivity index (χ3n) is 4.08. The Labute approximate surface area is 136 Å². The SMILES string of the molecule is FC(F)(F)c1ccc2c(c1)Oc1ccccc1N2C1C=CCOC1. The van der Waals surface area contributed by atoms with Crippen LogP contribution < -0.4 is 9.64 Å². The lowest BCUT2D eigenvalue weighted by molar-refractivity contribution is -0.137. The molecule has 0 fully saturated rings. The molecule has 6 heteroatoms. The molecule has 0 saturated carbocycles. The minimum Gasteiger partial charge on any atom is -0.453 e. The van der Waals surface area contributed by atoms with E-state index in [9.17, 15) is 13.2 Å². The first-order chi connectivity index (χ1) is 11.5. The van der Waals surface area contributed by atoms with Crippen molar-refractivity contribution in [1.82, 2.24) is 0 Å². The molecule has 1 atom stereocenters. The van der Waals surface area contributed by atoms with Crippen molar-refractivity contribution >= 4 is 11.4 Å². The molecule has 0 spiro atoms. The highest BCUT2D eigenvalue weighted by molar-refractivity contribution is 5.79. The quantitative estimate of drug-likeness (QED) is 0.693. The second kappa shape index (κ2) is 5.56. The number of hydrogen-bond donors (Lipinski definition) is 0. The van der Waals surface area contributed by atoms with Crippen LogP contribution in [0.15, 0.2) is 54.6 Å². The van der Waals surface area contributed by atoms with E-state index in [1.54, 1.807) is 12.1 Å². The maximum Gasteiger partial charge on any atom is 0.416 e. The summed E-state index contributed by atoms with van der Waals surface area (Å²) in [6, 6.07) is 10.8. The highest BCUT2D eigenvalue weighted by Crippen LogP contribution is 2.49. The molecule has 1 unspecified atom stereocenters. The first-order valence-corrected chi connectivity index (χ1v) is 7.56. The molecule has 0 amide bonds. The van der Waals surface area contributed by atoms with Crippen LogP contribution in [-0.4, -0.2) is 19.3 Å². The van der Waals surface area contributed by atoms with Crippen LogP contribution in [0.1, 0.15) is 5.56 Å². The van der Waals surface area contributed by atoms with Gasteiger partial charge in [0.1, 0.15) is 0 Å². The number of para-hydroxylation sites is 2. The summed E-state index contributed by atoms with van der Waals surface area (Å²) in [4.78, 5) is 1.96. The average Bonchev–Trinajstić information content (AvgIpc) is 2.59. The second-order valence-corrected chi connectivity index (χ2v) is 5.65. The lowest BCUT2D eigenvalue weighted by atomic mass is 10.1. The van der Waals surface area contributed by atoms with Gasteiger partial charge in [-0.1, -0.05) is 24.3 Å². The predicted molar refractivity (Wildman–Crippen MR) is 83.8 cm³/mol. The van der Waals surface area contributed by atoms with Crippen molar-refractivity contribution in [3.63, 3.8) is 0 Å². The van der Waals surface area contributed by atoms with Crippen LogP contribution in [0.3, 0.4) is 0 Å². The summed E-state index contributed by atoms with van der Waals surface area (Å²) in [5.74, 6) is 0.728. The third kappa shape index (κ3) is 2.53. The Kier molecular flexibility index (Phi) is 3.49. The molecule has 124 valence electrons. The van der Waals surface area contributed by atoms with E-state index in [2.05, 4.69) is 0 Å². The topological polar surface area (TPSA) is 21.7 Å². The molecule has 0 radical (unpaired) electrons. The lowest BCUT2D eigenvalue weighted by Crippen LogP contribution is -2.37. The van der Waals surface area contributed by atoms with E-state index in [1.165, 1.54) is 6.07 Å². The molecule has 4 rings (SSSR count). The zero-order valence-electron chi connectivity index (χ0n) is 12.6. The van der Waals surface area contributed by atoms with Gasteiger partial charge in [-0.05, 0) is 30.3 Å². The molecule has 0 aromatic heterocycles. The smallest absolute Gasteiger partial charge is 0.416 e. The van der Waals surface area contributed by atoms with Gasteiger partial charge in [-0.3, -0.25) is 0 Å². The van der Waals surface area contributed by atoms with Gasteiger partial charge in [0, 0.05) is 0 Å². The number of ether oxygens (including phenoxy) is 2. The molecule has 2 aromatic carbocycles. The summed E-state index contributed by atoms with van der Waals surface area (Å²) in [7, 11) is 0. The number of benzene rings is 2. The number of rotatable bonds is 1. The Balaban J connectivity index is 1.85.